The van der Waals surface area contributed by atoms with Crippen molar-refractivity contribution in [2.24, 2.45) is 0 Å². The predicted molar refractivity (Wildman–Crippen MR) is 85.2 cm³/mol. The quantitative estimate of drug-likeness (QED) is 0.664. The normalized spacial score (nSPS) is 15.0. The lowest BCUT2D eigenvalue weighted by atomic mass is 10.1. The van der Waals surface area contributed by atoms with Crippen molar-refractivity contribution < 1.29 is 9.13 Å². The lowest BCUT2D eigenvalue weighted by Gasteiger charge is -2.12. The van der Waals surface area contributed by atoms with Gasteiger partial charge < -0.3 is 15.4 Å². The average Bonchev–Trinajstić information content (AvgIpc) is 2.98. The smallest absolute Gasteiger partial charge is 0.165 e. The molecular formula is C16H16FN5O. The Hall–Kier alpha value is -2.67. The van der Waals surface area contributed by atoms with Crippen LogP contribution in [0.2, 0.25) is 0 Å². The Labute approximate surface area is 132 Å². The van der Waals surface area contributed by atoms with Crippen LogP contribution in [0.4, 0.5) is 10.2 Å². The molecule has 0 saturated heterocycles. The monoisotopic (exact) mass is 313 g/mol. The fraction of sp³-hybridized carbons (Fsp3) is 0.250. The number of fused-ring (bicyclic) bond motifs is 4. The Kier molecular flexibility index (Phi) is 3.55. The largest absolute Gasteiger partial charge is 0.489 e. The maximum Gasteiger partial charge on any atom is 0.165 e. The summed E-state index contributed by atoms with van der Waals surface area (Å²) in [5.41, 5.74) is 2.39. The van der Waals surface area contributed by atoms with Crippen molar-refractivity contribution in [3.8, 4) is 16.9 Å². The van der Waals surface area contributed by atoms with Crippen molar-refractivity contribution in [2.45, 2.75) is 0 Å². The second-order valence-corrected chi connectivity index (χ2v) is 5.31. The van der Waals surface area contributed by atoms with Crippen LogP contribution in [0.3, 0.4) is 0 Å². The molecule has 0 saturated carbocycles. The molecule has 1 aliphatic rings. The Morgan fingerprint density at radius 2 is 2.13 bits per heavy atom. The van der Waals surface area contributed by atoms with Crippen molar-refractivity contribution in [3.63, 3.8) is 0 Å². The lowest BCUT2D eigenvalue weighted by molar-refractivity contribution is 0.300. The van der Waals surface area contributed by atoms with Crippen molar-refractivity contribution in [2.75, 3.05) is 31.6 Å². The number of halogens is 1. The van der Waals surface area contributed by atoms with E-state index >= 15 is 0 Å². The molecule has 4 bridgehead atoms. The van der Waals surface area contributed by atoms with Gasteiger partial charge in [-0.25, -0.2) is 13.9 Å². The summed E-state index contributed by atoms with van der Waals surface area (Å²) < 4.78 is 21.2. The highest BCUT2D eigenvalue weighted by atomic mass is 19.1. The molecule has 0 fully saturated rings. The van der Waals surface area contributed by atoms with Gasteiger partial charge in [-0.15, -0.1) is 0 Å². The lowest BCUT2D eigenvalue weighted by Crippen LogP contribution is -2.27. The fourth-order valence-corrected chi connectivity index (χ4v) is 2.59. The molecule has 4 rings (SSSR count). The highest BCUT2D eigenvalue weighted by Crippen LogP contribution is 2.29. The molecule has 2 N–H and O–H groups in total. The second kappa shape index (κ2) is 5.85. The summed E-state index contributed by atoms with van der Waals surface area (Å²) in [6.45, 7) is 2.57. The number of benzene rings is 1. The number of ether oxygens (including phenoxy) is 1. The molecule has 0 amide bonds. The summed E-state index contributed by atoms with van der Waals surface area (Å²) >= 11 is 0. The van der Waals surface area contributed by atoms with Crippen LogP contribution in [0.1, 0.15) is 0 Å². The minimum Gasteiger partial charge on any atom is -0.489 e. The van der Waals surface area contributed by atoms with Gasteiger partial charge in [0.2, 0.25) is 0 Å². The zero-order chi connectivity index (χ0) is 15.6. The van der Waals surface area contributed by atoms with Crippen molar-refractivity contribution in [1.29, 1.82) is 0 Å². The fourth-order valence-electron chi connectivity index (χ4n) is 2.59. The van der Waals surface area contributed by atoms with E-state index in [1.807, 2.05) is 12.3 Å². The van der Waals surface area contributed by atoms with Crippen LogP contribution in [-0.4, -0.2) is 40.8 Å². The Morgan fingerprint density at radius 1 is 1.17 bits per heavy atom. The van der Waals surface area contributed by atoms with Gasteiger partial charge in [0.25, 0.3) is 0 Å². The van der Waals surface area contributed by atoms with E-state index in [2.05, 4.69) is 20.7 Å². The first-order chi connectivity index (χ1) is 11.3. The summed E-state index contributed by atoms with van der Waals surface area (Å²) in [4.78, 5) is 4.61. The van der Waals surface area contributed by atoms with E-state index in [1.54, 1.807) is 22.8 Å². The molecule has 0 spiro atoms. The van der Waals surface area contributed by atoms with Crippen LogP contribution in [0.5, 0.6) is 5.75 Å². The predicted octanol–water partition coefficient (Wildman–Crippen LogP) is 1.93. The van der Waals surface area contributed by atoms with E-state index < -0.39 is 0 Å². The van der Waals surface area contributed by atoms with Gasteiger partial charge in [0.05, 0.1) is 6.20 Å². The van der Waals surface area contributed by atoms with Gasteiger partial charge >= 0.3 is 0 Å². The average molecular weight is 313 g/mol. The molecule has 3 aromatic rings. The molecule has 118 valence electrons. The van der Waals surface area contributed by atoms with Gasteiger partial charge in [-0.2, -0.15) is 5.10 Å². The van der Waals surface area contributed by atoms with E-state index in [1.165, 1.54) is 6.07 Å². The summed E-state index contributed by atoms with van der Waals surface area (Å²) in [5, 5.41) is 10.8. The Balaban J connectivity index is 1.85. The molecule has 1 aliphatic heterocycles. The van der Waals surface area contributed by atoms with E-state index in [9.17, 15) is 4.39 Å². The molecule has 1 aromatic carbocycles. The maximum absolute atomic E-state index is 13.9. The summed E-state index contributed by atoms with van der Waals surface area (Å²) in [6, 6.07) is 6.70. The Bertz CT molecular complexity index is 848. The summed E-state index contributed by atoms with van der Waals surface area (Å²) in [7, 11) is 0. The van der Waals surface area contributed by atoms with Crippen molar-refractivity contribution >= 4 is 11.5 Å². The SMILES string of the molecule is Fc1ccc2cc1OCCNCCNc1ccn3ncc-2c3n1. The number of anilines is 1. The van der Waals surface area contributed by atoms with Gasteiger partial charge in [-0.05, 0) is 23.8 Å². The highest BCUT2D eigenvalue weighted by molar-refractivity contribution is 5.78. The van der Waals surface area contributed by atoms with Crippen LogP contribution in [0, 0.1) is 5.82 Å². The van der Waals surface area contributed by atoms with Gasteiger partial charge in [0.15, 0.2) is 17.2 Å². The first-order valence-corrected chi connectivity index (χ1v) is 7.53. The summed E-state index contributed by atoms with van der Waals surface area (Å²) in [5.74, 6) is 0.666. The molecule has 6 nitrogen and oxygen atoms in total. The van der Waals surface area contributed by atoms with Gasteiger partial charge in [-0.3, -0.25) is 0 Å². The molecule has 0 unspecified atom stereocenters. The third-order valence-corrected chi connectivity index (χ3v) is 3.76. The van der Waals surface area contributed by atoms with E-state index in [4.69, 9.17) is 4.74 Å². The minimum atomic E-state index is -0.368. The van der Waals surface area contributed by atoms with Crippen LogP contribution in [0.15, 0.2) is 36.7 Å². The molecule has 0 radical (unpaired) electrons. The highest BCUT2D eigenvalue weighted by Gasteiger charge is 2.12. The summed E-state index contributed by atoms with van der Waals surface area (Å²) in [6.07, 6.45) is 3.59. The minimum absolute atomic E-state index is 0.245. The van der Waals surface area contributed by atoms with E-state index in [-0.39, 0.29) is 11.6 Å². The topological polar surface area (TPSA) is 63.5 Å². The standard InChI is InChI=1S/C16H16FN5O/c17-13-2-1-11-9-14(13)23-8-6-18-4-5-19-15-3-7-22-16(21-15)12(11)10-20-22/h1-3,7,9-10,18H,4-6,8H2,(H,19,21). The molecular weight excluding hydrogens is 297 g/mol. The van der Waals surface area contributed by atoms with E-state index in [0.29, 0.717) is 13.2 Å². The van der Waals surface area contributed by atoms with E-state index in [0.717, 1.165) is 35.7 Å². The molecule has 7 heteroatoms. The molecule has 0 aliphatic carbocycles. The zero-order valence-corrected chi connectivity index (χ0v) is 12.4. The first kappa shape index (κ1) is 14.0. The van der Waals surface area contributed by atoms with Crippen LogP contribution < -0.4 is 15.4 Å². The number of hydrogen-bond donors (Lipinski definition) is 2. The number of nitrogens with zero attached hydrogens (tertiary/aromatic N) is 3. The van der Waals surface area contributed by atoms with Gasteiger partial charge in [0.1, 0.15) is 12.4 Å². The van der Waals surface area contributed by atoms with Crippen molar-refractivity contribution in [3.05, 3.63) is 42.5 Å². The van der Waals surface area contributed by atoms with Gasteiger partial charge in [0, 0.05) is 31.4 Å². The van der Waals surface area contributed by atoms with Crippen LogP contribution in [0.25, 0.3) is 16.8 Å². The molecule has 2 aromatic heterocycles. The van der Waals surface area contributed by atoms with Crippen molar-refractivity contribution in [1.82, 2.24) is 19.9 Å². The third kappa shape index (κ3) is 2.70. The number of rotatable bonds is 0. The molecule has 3 heterocycles. The first-order valence-electron chi connectivity index (χ1n) is 7.53. The van der Waals surface area contributed by atoms with Crippen LogP contribution in [-0.2, 0) is 0 Å². The zero-order valence-electron chi connectivity index (χ0n) is 12.4. The maximum atomic E-state index is 13.9. The molecule has 0 atom stereocenters. The third-order valence-electron chi connectivity index (χ3n) is 3.76. The number of aromatic nitrogens is 3. The van der Waals surface area contributed by atoms with Crippen LogP contribution >= 0.6 is 0 Å². The number of nitrogens with one attached hydrogen (secondary N) is 2. The molecule has 23 heavy (non-hydrogen) atoms. The van der Waals surface area contributed by atoms with Gasteiger partial charge in [-0.1, -0.05) is 6.07 Å². The number of hydrogen-bond acceptors (Lipinski definition) is 5. The second-order valence-electron chi connectivity index (χ2n) is 5.31. The Morgan fingerprint density at radius 3 is 3.09 bits per heavy atom.